The van der Waals surface area contributed by atoms with Crippen LogP contribution in [0.3, 0.4) is 0 Å². The Bertz CT molecular complexity index is 467. The van der Waals surface area contributed by atoms with Crippen LogP contribution >= 0.6 is 42.6 Å². The molecular formula is C9H19Cl2N2NaO5PS2. The van der Waals surface area contributed by atoms with E-state index in [1.165, 1.54) is 11.8 Å². The van der Waals surface area contributed by atoms with E-state index in [-0.39, 0.29) is 46.4 Å². The summed E-state index contributed by atoms with van der Waals surface area (Å²) in [5.41, 5.74) is 0. The van der Waals surface area contributed by atoms with Crippen molar-refractivity contribution in [2.75, 3.05) is 43.0 Å². The molecule has 2 atom stereocenters. The van der Waals surface area contributed by atoms with Crippen molar-refractivity contribution >= 4 is 82.3 Å². The third kappa shape index (κ3) is 8.87. The molecule has 0 aromatic heterocycles. The molecule has 127 valence electrons. The van der Waals surface area contributed by atoms with Crippen LogP contribution in [0.25, 0.3) is 0 Å². The fourth-order valence-electron chi connectivity index (χ4n) is 1.72. The molecule has 0 spiro atoms. The Balaban J connectivity index is 0.00000441. The quantitative estimate of drug-likeness (QED) is 0.249. The molecule has 0 bridgehead atoms. The van der Waals surface area contributed by atoms with Gasteiger partial charge in [-0.3, -0.25) is 9.12 Å². The van der Waals surface area contributed by atoms with E-state index in [1.807, 2.05) is 0 Å². The van der Waals surface area contributed by atoms with Crippen LogP contribution in [0.15, 0.2) is 0 Å². The van der Waals surface area contributed by atoms with Gasteiger partial charge in [-0.05, 0) is 6.42 Å². The fraction of sp³-hybridized carbons (Fsp3) is 1.00. The number of nitrogens with zero attached hydrogens (tertiary/aromatic N) is 1. The summed E-state index contributed by atoms with van der Waals surface area (Å²) in [6.45, 7) is 1.05. The molecule has 1 aliphatic rings. The van der Waals surface area contributed by atoms with Crippen LogP contribution in [0.2, 0.25) is 0 Å². The molecule has 22 heavy (non-hydrogen) atoms. The van der Waals surface area contributed by atoms with Crippen molar-refractivity contribution in [3.05, 3.63) is 0 Å². The van der Waals surface area contributed by atoms with E-state index in [0.29, 0.717) is 37.9 Å². The number of halogens is 2. The van der Waals surface area contributed by atoms with Gasteiger partial charge in [-0.2, -0.15) is 8.42 Å². The van der Waals surface area contributed by atoms with E-state index in [9.17, 15) is 13.0 Å². The second kappa shape index (κ2) is 11.5. The molecule has 0 aliphatic carbocycles. The summed E-state index contributed by atoms with van der Waals surface area (Å²) in [5.74, 6) is 0.467. The van der Waals surface area contributed by atoms with Crippen molar-refractivity contribution < 1.29 is 22.1 Å². The molecular weight excluding hydrogens is 405 g/mol. The van der Waals surface area contributed by atoms with Crippen LogP contribution in [0.4, 0.5) is 0 Å². The zero-order valence-corrected chi connectivity index (χ0v) is 18.3. The second-order valence-corrected chi connectivity index (χ2v) is 10.0. The SMILES string of the molecule is O=P1(N(CCCl)CCCl)N[C@H](SCCS(=O)(=O)O)CCO1.[Na]. The summed E-state index contributed by atoms with van der Waals surface area (Å²) < 4.78 is 49.8. The first-order valence-electron chi connectivity index (χ1n) is 6.27. The van der Waals surface area contributed by atoms with E-state index in [0.717, 1.165) is 0 Å². The molecule has 2 N–H and O–H groups in total. The van der Waals surface area contributed by atoms with Crippen LogP contribution in [0.1, 0.15) is 6.42 Å². The largest absolute Gasteiger partial charge is 0.344 e. The van der Waals surface area contributed by atoms with E-state index < -0.39 is 17.8 Å². The molecule has 0 amide bonds. The van der Waals surface area contributed by atoms with E-state index in [1.54, 1.807) is 4.67 Å². The Morgan fingerprint density at radius 2 is 1.95 bits per heavy atom. The van der Waals surface area contributed by atoms with Crippen LogP contribution in [-0.4, -0.2) is 95.5 Å². The Morgan fingerprint density at radius 1 is 1.36 bits per heavy atom. The predicted molar refractivity (Wildman–Crippen MR) is 92.7 cm³/mol. The molecule has 0 aromatic rings. The van der Waals surface area contributed by atoms with Crippen molar-refractivity contribution in [1.82, 2.24) is 9.76 Å². The molecule has 1 unspecified atom stereocenters. The van der Waals surface area contributed by atoms with Crippen LogP contribution in [0.5, 0.6) is 0 Å². The summed E-state index contributed by atoms with van der Waals surface area (Å²) in [5, 5.41) is 2.71. The average Bonchev–Trinajstić information content (AvgIpc) is 2.37. The number of thioether (sulfide) groups is 1. The van der Waals surface area contributed by atoms with Gasteiger partial charge in [0, 0.05) is 60.2 Å². The van der Waals surface area contributed by atoms with E-state index >= 15 is 0 Å². The van der Waals surface area contributed by atoms with Crippen molar-refractivity contribution in [3.63, 3.8) is 0 Å². The minimum Gasteiger partial charge on any atom is -0.306 e. The summed E-state index contributed by atoms with van der Waals surface area (Å²) in [6, 6.07) is 0. The maximum absolute atomic E-state index is 12.8. The van der Waals surface area contributed by atoms with E-state index in [4.69, 9.17) is 32.3 Å². The van der Waals surface area contributed by atoms with Gasteiger partial charge in [-0.1, -0.05) is 0 Å². The smallest absolute Gasteiger partial charge is 0.306 e. The van der Waals surface area contributed by atoms with Gasteiger partial charge in [0.25, 0.3) is 10.1 Å². The van der Waals surface area contributed by atoms with Crippen molar-refractivity contribution in [2.24, 2.45) is 0 Å². The third-order valence-corrected chi connectivity index (χ3v) is 7.67. The van der Waals surface area contributed by atoms with Gasteiger partial charge in [0.2, 0.25) is 0 Å². The first kappa shape index (κ1) is 23.9. The molecule has 1 rings (SSSR count). The third-order valence-electron chi connectivity index (χ3n) is 2.67. The first-order chi connectivity index (χ1) is 9.80. The van der Waals surface area contributed by atoms with Crippen LogP contribution < -0.4 is 5.09 Å². The average molecular weight is 424 g/mol. The van der Waals surface area contributed by atoms with Gasteiger partial charge in [0.1, 0.15) is 0 Å². The minimum absolute atomic E-state index is 0. The Labute approximate surface area is 167 Å². The van der Waals surface area contributed by atoms with Crippen molar-refractivity contribution in [1.29, 1.82) is 0 Å². The summed E-state index contributed by atoms with van der Waals surface area (Å²) >= 11 is 12.7. The topological polar surface area (TPSA) is 95.9 Å². The monoisotopic (exact) mass is 423 g/mol. The van der Waals surface area contributed by atoms with Gasteiger partial charge < -0.3 is 4.52 Å². The zero-order valence-electron chi connectivity index (χ0n) is 12.3. The Morgan fingerprint density at radius 3 is 2.45 bits per heavy atom. The van der Waals surface area contributed by atoms with Crippen molar-refractivity contribution in [2.45, 2.75) is 11.8 Å². The molecule has 1 fully saturated rings. The van der Waals surface area contributed by atoms with Gasteiger partial charge in [0.05, 0.1) is 17.7 Å². The van der Waals surface area contributed by atoms with Crippen LogP contribution in [0, 0.1) is 0 Å². The minimum atomic E-state index is -3.98. The number of hydrogen-bond acceptors (Lipinski definition) is 5. The molecule has 1 heterocycles. The standard InChI is InChI=1S/C9H19Cl2N2O5PS2.Na/c10-2-4-13(5-3-11)19(14)12-9(1-6-18-19)20-7-8-21(15,16)17;/h9H,1-8H2,(H,12,14)(H,15,16,17);/t9-,19?;/m1./s1. The van der Waals surface area contributed by atoms with Gasteiger partial charge >= 0.3 is 7.67 Å². The zero-order chi connectivity index (χ0) is 15.9. The Kier molecular flexibility index (Phi) is 12.6. The van der Waals surface area contributed by atoms with E-state index in [2.05, 4.69) is 5.09 Å². The molecule has 0 saturated carbocycles. The maximum Gasteiger partial charge on any atom is 0.344 e. The summed E-state index contributed by atoms with van der Waals surface area (Å²) in [7, 11) is -7.19. The first-order valence-corrected chi connectivity index (χ1v) is 11.6. The predicted octanol–water partition coefficient (Wildman–Crippen LogP) is 1.45. The molecule has 1 saturated heterocycles. The van der Waals surface area contributed by atoms with Crippen LogP contribution in [-0.2, 0) is 19.2 Å². The molecule has 7 nitrogen and oxygen atoms in total. The van der Waals surface area contributed by atoms with Gasteiger partial charge in [-0.25, -0.2) is 9.76 Å². The summed E-state index contributed by atoms with van der Waals surface area (Å²) in [4.78, 5) is 0. The number of hydrogen-bond donors (Lipinski definition) is 2. The molecule has 0 aromatic carbocycles. The molecule has 13 heteroatoms. The summed E-state index contributed by atoms with van der Waals surface area (Å²) in [6.07, 6.45) is 0.593. The maximum atomic E-state index is 12.8. The number of rotatable bonds is 9. The molecule has 1 radical (unpaired) electrons. The Hall–Kier alpha value is 1.95. The fourth-order valence-corrected chi connectivity index (χ4v) is 6.81. The van der Waals surface area contributed by atoms with Gasteiger partial charge in [-0.15, -0.1) is 35.0 Å². The van der Waals surface area contributed by atoms with Gasteiger partial charge in [0.15, 0.2) is 0 Å². The number of nitrogens with one attached hydrogen (secondary N) is 1. The number of alkyl halides is 2. The van der Waals surface area contributed by atoms with Crippen molar-refractivity contribution in [3.8, 4) is 0 Å². The molecule has 1 aliphatic heterocycles. The second-order valence-electron chi connectivity index (χ2n) is 4.25. The normalized spacial score (nSPS) is 25.9.